The molecule has 0 spiro atoms. The third-order valence-electron chi connectivity index (χ3n) is 1.92. The molecular weight excluding hydrogens is 208 g/mol. The molecule has 16 heavy (non-hydrogen) atoms. The Morgan fingerprint density at radius 1 is 1.38 bits per heavy atom. The van der Waals surface area contributed by atoms with E-state index in [2.05, 4.69) is 0 Å². The predicted molar refractivity (Wildman–Crippen MR) is 59.7 cm³/mol. The molecule has 1 N–H and O–H groups in total. The molecule has 0 fully saturated rings. The van der Waals surface area contributed by atoms with Gasteiger partial charge in [0.05, 0.1) is 13.2 Å². The summed E-state index contributed by atoms with van der Waals surface area (Å²) in [7, 11) is 0. The molecule has 0 aromatic heterocycles. The van der Waals surface area contributed by atoms with Crippen molar-refractivity contribution in [2.24, 2.45) is 0 Å². The Morgan fingerprint density at radius 3 is 2.88 bits per heavy atom. The average molecular weight is 224 g/mol. The highest BCUT2D eigenvalue weighted by molar-refractivity contribution is 5.67. The lowest BCUT2D eigenvalue weighted by atomic mass is 10.2. The largest absolute Gasteiger partial charge is 0.493 e. The molecule has 0 aliphatic rings. The zero-order valence-corrected chi connectivity index (χ0v) is 9.31. The van der Waals surface area contributed by atoms with Gasteiger partial charge in [0.25, 0.3) is 0 Å². The van der Waals surface area contributed by atoms with Gasteiger partial charge in [0.2, 0.25) is 0 Å². The smallest absolute Gasteiger partial charge is 0.329 e. The minimum atomic E-state index is -0.945. The third kappa shape index (κ3) is 5.36. The van der Waals surface area contributed by atoms with E-state index in [0.29, 0.717) is 19.6 Å². The van der Waals surface area contributed by atoms with Crippen LogP contribution in [0.1, 0.15) is 12.0 Å². The highest BCUT2D eigenvalue weighted by Crippen LogP contribution is 2.12. The van der Waals surface area contributed by atoms with Crippen LogP contribution < -0.4 is 4.74 Å². The number of aliphatic carboxylic acids is 1. The van der Waals surface area contributed by atoms with Gasteiger partial charge in [0.1, 0.15) is 12.4 Å². The zero-order valence-electron chi connectivity index (χ0n) is 9.31. The van der Waals surface area contributed by atoms with Gasteiger partial charge in [-0.3, -0.25) is 0 Å². The Kier molecular flexibility index (Phi) is 5.36. The zero-order chi connectivity index (χ0) is 11.8. The molecule has 1 aromatic carbocycles. The topological polar surface area (TPSA) is 55.8 Å². The highest BCUT2D eigenvalue weighted by Gasteiger charge is 1.97. The van der Waals surface area contributed by atoms with E-state index in [1.807, 2.05) is 31.2 Å². The molecule has 4 nitrogen and oxygen atoms in total. The van der Waals surface area contributed by atoms with Crippen LogP contribution in [0.25, 0.3) is 0 Å². The summed E-state index contributed by atoms with van der Waals surface area (Å²) in [5.41, 5.74) is 1.15. The monoisotopic (exact) mass is 224 g/mol. The minimum absolute atomic E-state index is 0.246. The Morgan fingerprint density at radius 2 is 2.19 bits per heavy atom. The van der Waals surface area contributed by atoms with Crippen molar-refractivity contribution in [3.63, 3.8) is 0 Å². The fourth-order valence-corrected chi connectivity index (χ4v) is 1.22. The first-order chi connectivity index (χ1) is 7.68. The first kappa shape index (κ1) is 12.5. The summed E-state index contributed by atoms with van der Waals surface area (Å²) in [6.45, 7) is 2.69. The lowest BCUT2D eigenvalue weighted by Gasteiger charge is -2.06. The van der Waals surface area contributed by atoms with Gasteiger partial charge in [-0.05, 0) is 24.6 Å². The number of carboxylic acids is 1. The minimum Gasteiger partial charge on any atom is -0.493 e. The molecule has 0 bridgehead atoms. The molecule has 0 unspecified atom stereocenters. The first-order valence-corrected chi connectivity index (χ1v) is 5.17. The van der Waals surface area contributed by atoms with E-state index < -0.39 is 5.97 Å². The van der Waals surface area contributed by atoms with Crippen LogP contribution in [0.5, 0.6) is 5.75 Å². The molecule has 4 heteroatoms. The van der Waals surface area contributed by atoms with Crippen molar-refractivity contribution < 1.29 is 19.4 Å². The van der Waals surface area contributed by atoms with Crippen molar-refractivity contribution >= 4 is 5.97 Å². The van der Waals surface area contributed by atoms with Crippen LogP contribution in [-0.4, -0.2) is 30.9 Å². The van der Waals surface area contributed by atoms with Crippen molar-refractivity contribution in [3.05, 3.63) is 29.8 Å². The summed E-state index contributed by atoms with van der Waals surface area (Å²) in [6.07, 6.45) is 0.682. The van der Waals surface area contributed by atoms with Crippen molar-refractivity contribution in [1.29, 1.82) is 0 Å². The van der Waals surface area contributed by atoms with Crippen molar-refractivity contribution in [2.45, 2.75) is 13.3 Å². The van der Waals surface area contributed by atoms with E-state index in [1.54, 1.807) is 0 Å². The molecule has 0 radical (unpaired) electrons. The number of rotatable bonds is 7. The summed E-state index contributed by atoms with van der Waals surface area (Å²) in [6, 6.07) is 7.79. The summed E-state index contributed by atoms with van der Waals surface area (Å²) in [5.74, 6) is -0.113. The van der Waals surface area contributed by atoms with Crippen LogP contribution in [0.15, 0.2) is 24.3 Å². The Hall–Kier alpha value is -1.55. The number of carboxylic acid groups (broad SMARTS) is 1. The standard InChI is InChI=1S/C12H16O4/c1-10-4-2-5-11(8-10)16-7-3-6-15-9-12(13)14/h2,4-5,8H,3,6-7,9H2,1H3,(H,13,14). The van der Waals surface area contributed by atoms with Gasteiger partial charge in [-0.2, -0.15) is 0 Å². The van der Waals surface area contributed by atoms with Crippen LogP contribution in [-0.2, 0) is 9.53 Å². The molecule has 0 saturated heterocycles. The van der Waals surface area contributed by atoms with Crippen LogP contribution in [0.2, 0.25) is 0 Å². The van der Waals surface area contributed by atoms with Gasteiger partial charge >= 0.3 is 5.97 Å². The fourth-order valence-electron chi connectivity index (χ4n) is 1.22. The van der Waals surface area contributed by atoms with Crippen LogP contribution >= 0.6 is 0 Å². The Balaban J connectivity index is 2.09. The number of ether oxygens (including phenoxy) is 2. The summed E-state index contributed by atoms with van der Waals surface area (Å²) in [5, 5.41) is 8.32. The van der Waals surface area contributed by atoms with E-state index in [1.165, 1.54) is 0 Å². The molecule has 0 atom stereocenters. The molecule has 0 aliphatic heterocycles. The molecular formula is C12H16O4. The third-order valence-corrected chi connectivity index (χ3v) is 1.92. The van der Waals surface area contributed by atoms with E-state index >= 15 is 0 Å². The van der Waals surface area contributed by atoms with Crippen LogP contribution in [0, 0.1) is 6.92 Å². The second-order valence-corrected chi connectivity index (χ2v) is 3.46. The molecule has 0 aliphatic carbocycles. The summed E-state index contributed by atoms with van der Waals surface area (Å²) in [4.78, 5) is 10.1. The predicted octanol–water partition coefficient (Wildman–Crippen LogP) is 1.87. The number of hydrogen-bond donors (Lipinski definition) is 1. The number of aryl methyl sites for hydroxylation is 1. The lowest BCUT2D eigenvalue weighted by molar-refractivity contribution is -0.142. The highest BCUT2D eigenvalue weighted by atomic mass is 16.5. The summed E-state index contributed by atoms with van der Waals surface area (Å²) >= 11 is 0. The maximum atomic E-state index is 10.1. The maximum Gasteiger partial charge on any atom is 0.329 e. The lowest BCUT2D eigenvalue weighted by Crippen LogP contribution is -2.09. The second kappa shape index (κ2) is 6.85. The van der Waals surface area contributed by atoms with E-state index in [0.717, 1.165) is 11.3 Å². The van der Waals surface area contributed by atoms with Crippen molar-refractivity contribution in [3.8, 4) is 5.75 Å². The fraction of sp³-hybridized carbons (Fsp3) is 0.417. The molecule has 0 saturated carbocycles. The van der Waals surface area contributed by atoms with Crippen LogP contribution in [0.4, 0.5) is 0 Å². The van der Waals surface area contributed by atoms with Gasteiger partial charge in [-0.1, -0.05) is 12.1 Å². The maximum absolute atomic E-state index is 10.1. The molecule has 0 amide bonds. The van der Waals surface area contributed by atoms with E-state index in [4.69, 9.17) is 14.6 Å². The van der Waals surface area contributed by atoms with Gasteiger partial charge in [-0.15, -0.1) is 0 Å². The quantitative estimate of drug-likeness (QED) is 0.718. The summed E-state index contributed by atoms with van der Waals surface area (Å²) < 4.78 is 10.3. The first-order valence-electron chi connectivity index (χ1n) is 5.17. The number of benzene rings is 1. The average Bonchev–Trinajstić information content (AvgIpc) is 2.23. The normalized spacial score (nSPS) is 10.1. The van der Waals surface area contributed by atoms with E-state index in [9.17, 15) is 4.79 Å². The van der Waals surface area contributed by atoms with Gasteiger partial charge in [0, 0.05) is 6.42 Å². The molecule has 1 rings (SSSR count). The number of hydrogen-bond acceptors (Lipinski definition) is 3. The van der Waals surface area contributed by atoms with Gasteiger partial charge in [-0.25, -0.2) is 4.79 Å². The Bertz CT molecular complexity index is 336. The number of carbonyl (C=O) groups is 1. The molecule has 0 heterocycles. The van der Waals surface area contributed by atoms with Gasteiger partial charge in [0.15, 0.2) is 0 Å². The Labute approximate surface area is 94.8 Å². The van der Waals surface area contributed by atoms with Crippen LogP contribution in [0.3, 0.4) is 0 Å². The molecule has 1 aromatic rings. The van der Waals surface area contributed by atoms with Crippen molar-refractivity contribution in [1.82, 2.24) is 0 Å². The SMILES string of the molecule is Cc1cccc(OCCCOCC(=O)O)c1. The van der Waals surface area contributed by atoms with Gasteiger partial charge < -0.3 is 14.6 Å². The second-order valence-electron chi connectivity index (χ2n) is 3.46. The van der Waals surface area contributed by atoms with E-state index in [-0.39, 0.29) is 6.61 Å². The van der Waals surface area contributed by atoms with Crippen molar-refractivity contribution in [2.75, 3.05) is 19.8 Å². The molecule has 88 valence electrons.